The van der Waals surface area contributed by atoms with Gasteiger partial charge in [0.15, 0.2) is 8.38 Å². The molecule has 0 radical (unpaired) electrons. The fourth-order valence-electron chi connectivity index (χ4n) is 1.95. The van der Waals surface area contributed by atoms with E-state index in [-0.39, 0.29) is 19.2 Å². The first-order valence-corrected chi connectivity index (χ1v) is 8.92. The van der Waals surface area contributed by atoms with Crippen LogP contribution in [0.3, 0.4) is 0 Å². The molecular formula is C15H24NO6P. The molecule has 8 heteroatoms. The lowest BCUT2D eigenvalue weighted by Gasteiger charge is -2.18. The molecule has 130 valence electrons. The molecule has 0 heterocycles. The van der Waals surface area contributed by atoms with Gasteiger partial charge in [0.25, 0.3) is 0 Å². The van der Waals surface area contributed by atoms with Gasteiger partial charge in [-0.1, -0.05) is 18.2 Å². The molecule has 0 bridgehead atoms. The van der Waals surface area contributed by atoms with Crippen LogP contribution in [0.5, 0.6) is 0 Å². The molecule has 2 atom stereocenters. The number of hydrogen-bond donors (Lipinski definition) is 2. The predicted octanol–water partition coefficient (Wildman–Crippen LogP) is 2.26. The number of hydrogen-bond acceptors (Lipinski definition) is 6. The normalized spacial score (nSPS) is 16.2. The third kappa shape index (κ3) is 8.11. The highest BCUT2D eigenvalue weighted by Crippen LogP contribution is 2.32. The van der Waals surface area contributed by atoms with Gasteiger partial charge in [-0.25, -0.2) is 9.59 Å². The number of methoxy groups -OCH3 is 1. The van der Waals surface area contributed by atoms with Crippen LogP contribution in [0.25, 0.3) is 0 Å². The van der Waals surface area contributed by atoms with Crippen LogP contribution in [-0.2, 0) is 18.8 Å². The summed E-state index contributed by atoms with van der Waals surface area (Å²) in [4.78, 5) is 33.1. The lowest BCUT2D eigenvalue weighted by atomic mass is 10.1. The van der Waals surface area contributed by atoms with Crippen molar-refractivity contribution in [3.05, 3.63) is 23.8 Å². The summed E-state index contributed by atoms with van der Waals surface area (Å²) in [5.41, 5.74) is 0.927. The monoisotopic (exact) mass is 345 g/mol. The Kier molecular flexibility index (Phi) is 9.52. The van der Waals surface area contributed by atoms with E-state index in [1.807, 2.05) is 18.2 Å². The Morgan fingerprint density at radius 3 is 2.83 bits per heavy atom. The summed E-state index contributed by atoms with van der Waals surface area (Å²) in [6, 6.07) is -0.874. The summed E-state index contributed by atoms with van der Waals surface area (Å²) < 4.78 is 14.8. The Hall–Kier alpha value is -1.43. The standard InChI is InChI=1S/C15H24NO6P/c1-3-22-23(19)10-9-13(14(17)20-2)16-15(18)21-11-12-7-5-4-6-8-12/h5,7-8,13,19H,3-4,6,9-11H2,1-2H3,(H,16,18). The molecule has 2 N–H and O–H groups in total. The number of allylic oxidation sites excluding steroid dienone is 2. The molecule has 1 aliphatic rings. The smallest absolute Gasteiger partial charge is 0.408 e. The maximum Gasteiger partial charge on any atom is 0.408 e. The maximum atomic E-state index is 11.8. The molecule has 0 aromatic carbocycles. The van der Waals surface area contributed by atoms with Gasteiger partial charge in [0.05, 0.1) is 13.7 Å². The SMILES string of the molecule is CCOP(O)CCC(NC(=O)OCC1=CCCC=C1)C(=O)OC. The van der Waals surface area contributed by atoms with Crippen LogP contribution in [0.2, 0.25) is 0 Å². The van der Waals surface area contributed by atoms with E-state index in [2.05, 4.69) is 10.1 Å². The molecule has 0 saturated heterocycles. The summed E-state index contributed by atoms with van der Waals surface area (Å²) in [7, 11) is -0.364. The van der Waals surface area contributed by atoms with Crippen molar-refractivity contribution in [2.75, 3.05) is 26.5 Å². The van der Waals surface area contributed by atoms with Crippen molar-refractivity contribution in [2.24, 2.45) is 0 Å². The lowest BCUT2D eigenvalue weighted by Crippen LogP contribution is -2.42. The largest absolute Gasteiger partial charge is 0.467 e. The predicted molar refractivity (Wildman–Crippen MR) is 87.0 cm³/mol. The second kappa shape index (κ2) is 11.2. The number of alkyl carbamates (subject to hydrolysis) is 1. The number of carbonyl (C=O) groups is 2. The number of esters is 1. The van der Waals surface area contributed by atoms with Gasteiger partial charge in [0.2, 0.25) is 0 Å². The quantitative estimate of drug-likeness (QED) is 0.492. The van der Waals surface area contributed by atoms with Crippen LogP contribution in [0.1, 0.15) is 26.2 Å². The van der Waals surface area contributed by atoms with Gasteiger partial charge in [0, 0.05) is 6.16 Å². The molecule has 2 unspecified atom stereocenters. The van der Waals surface area contributed by atoms with Crippen molar-refractivity contribution >= 4 is 20.4 Å². The highest BCUT2D eigenvalue weighted by Gasteiger charge is 2.23. The second-order valence-electron chi connectivity index (χ2n) is 4.84. The van der Waals surface area contributed by atoms with Crippen molar-refractivity contribution in [1.82, 2.24) is 5.32 Å². The number of nitrogens with one attached hydrogen (secondary N) is 1. The van der Waals surface area contributed by atoms with Crippen LogP contribution >= 0.6 is 8.38 Å². The zero-order chi connectivity index (χ0) is 17.1. The summed E-state index contributed by atoms with van der Waals surface area (Å²) in [5, 5.41) is 2.46. The molecule has 0 spiro atoms. The molecule has 1 amide bonds. The van der Waals surface area contributed by atoms with Crippen LogP contribution in [0.4, 0.5) is 4.79 Å². The Balaban J connectivity index is 2.42. The molecule has 1 aliphatic carbocycles. The van der Waals surface area contributed by atoms with Crippen molar-refractivity contribution in [3.63, 3.8) is 0 Å². The average Bonchev–Trinajstić information content (AvgIpc) is 2.57. The zero-order valence-corrected chi connectivity index (χ0v) is 14.4. The second-order valence-corrected chi connectivity index (χ2v) is 6.25. The Morgan fingerprint density at radius 2 is 2.22 bits per heavy atom. The minimum absolute atomic E-state index is 0.155. The molecule has 0 aliphatic heterocycles. The Labute approximate surface area is 137 Å². The van der Waals surface area contributed by atoms with Crippen LogP contribution in [-0.4, -0.2) is 49.5 Å². The Morgan fingerprint density at radius 1 is 1.43 bits per heavy atom. The van der Waals surface area contributed by atoms with E-state index in [9.17, 15) is 14.5 Å². The highest BCUT2D eigenvalue weighted by atomic mass is 31.2. The van der Waals surface area contributed by atoms with Gasteiger partial charge < -0.3 is 24.2 Å². The fraction of sp³-hybridized carbons (Fsp3) is 0.600. The van der Waals surface area contributed by atoms with Gasteiger partial charge in [-0.3, -0.25) is 0 Å². The third-order valence-corrected chi connectivity index (χ3v) is 4.30. The van der Waals surface area contributed by atoms with E-state index < -0.39 is 26.5 Å². The summed E-state index contributed by atoms with van der Waals surface area (Å²) in [6.45, 7) is 2.32. The van der Waals surface area contributed by atoms with Gasteiger partial charge >= 0.3 is 12.1 Å². The minimum atomic E-state index is -1.60. The van der Waals surface area contributed by atoms with E-state index in [0.29, 0.717) is 6.61 Å². The number of carbonyl (C=O) groups excluding carboxylic acids is 2. The third-order valence-electron chi connectivity index (χ3n) is 3.11. The summed E-state index contributed by atoms with van der Waals surface area (Å²) in [6.07, 6.45) is 7.64. The molecule has 1 rings (SSSR count). The van der Waals surface area contributed by atoms with E-state index in [1.54, 1.807) is 6.92 Å². The van der Waals surface area contributed by atoms with Crippen molar-refractivity contribution in [2.45, 2.75) is 32.2 Å². The van der Waals surface area contributed by atoms with Gasteiger partial charge in [-0.05, 0) is 31.8 Å². The molecule has 0 aromatic heterocycles. The van der Waals surface area contributed by atoms with Crippen LogP contribution in [0, 0.1) is 0 Å². The summed E-state index contributed by atoms with van der Waals surface area (Å²) >= 11 is 0. The molecule has 0 aromatic rings. The lowest BCUT2D eigenvalue weighted by molar-refractivity contribution is -0.143. The first-order valence-electron chi connectivity index (χ1n) is 7.52. The van der Waals surface area contributed by atoms with Gasteiger partial charge in [0.1, 0.15) is 12.6 Å². The van der Waals surface area contributed by atoms with Crippen molar-refractivity contribution in [3.8, 4) is 0 Å². The molecule has 0 saturated carbocycles. The van der Waals surface area contributed by atoms with Crippen molar-refractivity contribution < 1.29 is 28.5 Å². The van der Waals surface area contributed by atoms with Crippen LogP contribution < -0.4 is 5.32 Å². The van der Waals surface area contributed by atoms with E-state index in [0.717, 1.165) is 18.4 Å². The minimum Gasteiger partial charge on any atom is -0.467 e. The number of ether oxygens (including phenoxy) is 2. The summed E-state index contributed by atoms with van der Waals surface area (Å²) in [5.74, 6) is -0.585. The Bertz CT molecular complexity index is 451. The molecule has 23 heavy (non-hydrogen) atoms. The van der Waals surface area contributed by atoms with E-state index in [1.165, 1.54) is 7.11 Å². The van der Waals surface area contributed by atoms with E-state index >= 15 is 0 Å². The fourth-order valence-corrected chi connectivity index (χ4v) is 2.86. The van der Waals surface area contributed by atoms with E-state index in [4.69, 9.17) is 9.26 Å². The first kappa shape index (κ1) is 19.6. The topological polar surface area (TPSA) is 94.1 Å². The van der Waals surface area contributed by atoms with Crippen LogP contribution in [0.15, 0.2) is 23.8 Å². The first-order chi connectivity index (χ1) is 11.1. The number of rotatable bonds is 9. The van der Waals surface area contributed by atoms with Crippen molar-refractivity contribution in [1.29, 1.82) is 0 Å². The van der Waals surface area contributed by atoms with Gasteiger partial charge in [-0.15, -0.1) is 0 Å². The maximum absolute atomic E-state index is 11.8. The number of amides is 1. The van der Waals surface area contributed by atoms with Gasteiger partial charge in [-0.2, -0.15) is 0 Å². The molecular weight excluding hydrogens is 321 g/mol. The molecule has 0 fully saturated rings. The molecule has 7 nitrogen and oxygen atoms in total. The zero-order valence-electron chi connectivity index (χ0n) is 13.5. The average molecular weight is 345 g/mol. The highest BCUT2D eigenvalue weighted by molar-refractivity contribution is 7.46.